The van der Waals surface area contributed by atoms with Crippen molar-refractivity contribution in [2.45, 2.75) is 13.8 Å². The molecular weight excluding hydrogens is 458 g/mol. The summed E-state index contributed by atoms with van der Waals surface area (Å²) in [6, 6.07) is 14.0. The van der Waals surface area contributed by atoms with E-state index in [4.69, 9.17) is 18.9 Å². The molecule has 9 heteroatoms. The van der Waals surface area contributed by atoms with E-state index in [9.17, 15) is 14.7 Å². The number of thioether (sulfide) groups is 1. The molecule has 34 heavy (non-hydrogen) atoms. The lowest BCUT2D eigenvalue weighted by molar-refractivity contribution is -0.145. The second-order valence-corrected chi connectivity index (χ2v) is 7.86. The van der Waals surface area contributed by atoms with Crippen molar-refractivity contribution in [1.82, 2.24) is 0 Å². The Kier molecular flexibility index (Phi) is 8.75. The zero-order valence-corrected chi connectivity index (χ0v) is 19.9. The molecule has 0 radical (unpaired) electrons. The first-order valence-corrected chi connectivity index (χ1v) is 11.4. The van der Waals surface area contributed by atoms with Gasteiger partial charge in [0.2, 0.25) is 0 Å². The molecule has 0 aromatic heterocycles. The highest BCUT2D eigenvalue weighted by Gasteiger charge is 2.33. The van der Waals surface area contributed by atoms with Crippen LogP contribution in [0.2, 0.25) is 0 Å². The molecule has 1 aliphatic heterocycles. The van der Waals surface area contributed by atoms with Gasteiger partial charge in [-0.3, -0.25) is 0 Å². The van der Waals surface area contributed by atoms with E-state index in [0.29, 0.717) is 33.7 Å². The van der Waals surface area contributed by atoms with Crippen molar-refractivity contribution in [3.05, 3.63) is 70.3 Å². The third kappa shape index (κ3) is 6.41. The summed E-state index contributed by atoms with van der Waals surface area (Å²) >= 11 is 1.17. The fourth-order valence-corrected chi connectivity index (χ4v) is 3.96. The van der Waals surface area contributed by atoms with Gasteiger partial charge in [-0.25, -0.2) is 14.6 Å². The van der Waals surface area contributed by atoms with Crippen molar-refractivity contribution in [3.8, 4) is 11.5 Å². The Hall–Kier alpha value is -3.72. The van der Waals surface area contributed by atoms with Gasteiger partial charge >= 0.3 is 11.9 Å². The number of rotatable bonds is 9. The summed E-state index contributed by atoms with van der Waals surface area (Å²) in [5.41, 5.74) is 1.37. The predicted octanol–water partition coefficient (Wildman–Crippen LogP) is 4.83. The van der Waals surface area contributed by atoms with E-state index in [1.807, 2.05) is 0 Å². The molecule has 0 amide bonds. The van der Waals surface area contributed by atoms with Crippen LogP contribution in [0.4, 0.5) is 5.69 Å². The number of carbonyl (C=O) groups is 2. The van der Waals surface area contributed by atoms with Crippen LogP contribution in [0, 0.1) is 0 Å². The molecule has 0 saturated carbocycles. The Bertz CT molecular complexity index is 1120. The second kappa shape index (κ2) is 11.9. The van der Waals surface area contributed by atoms with Crippen molar-refractivity contribution in [1.29, 1.82) is 0 Å². The standard InChI is InChI=1S/C25H25NO7S/c1-4-31-21(27)15-33-19-10-6-16(7-11-19)14-20-23(28)22(25(29)32-5-2)24(34-20)26-17-8-12-18(30-3)13-9-17/h6-14,28H,4-5,15H2,1-3H3/b20-14-,26-24?. The normalized spacial score (nSPS) is 15.5. The molecule has 0 saturated heterocycles. The van der Waals surface area contributed by atoms with Gasteiger partial charge < -0.3 is 24.1 Å². The number of esters is 2. The minimum atomic E-state index is -0.647. The van der Waals surface area contributed by atoms with Gasteiger partial charge in [-0.1, -0.05) is 23.9 Å². The molecule has 0 spiro atoms. The van der Waals surface area contributed by atoms with Gasteiger partial charge in [0.15, 0.2) is 6.61 Å². The molecule has 0 aliphatic carbocycles. The summed E-state index contributed by atoms with van der Waals surface area (Å²) in [6.45, 7) is 3.71. The molecule has 0 bridgehead atoms. The van der Waals surface area contributed by atoms with Crippen LogP contribution < -0.4 is 9.47 Å². The number of aliphatic hydroxyl groups excluding tert-OH is 1. The molecule has 178 valence electrons. The number of carbonyl (C=O) groups excluding carboxylic acids is 2. The zero-order valence-electron chi connectivity index (χ0n) is 19.1. The Labute approximate surface area is 201 Å². The molecule has 1 heterocycles. The first-order chi connectivity index (χ1) is 16.4. The van der Waals surface area contributed by atoms with Crippen LogP contribution in [0.1, 0.15) is 19.4 Å². The summed E-state index contributed by atoms with van der Waals surface area (Å²) in [6.07, 6.45) is 1.73. The van der Waals surface area contributed by atoms with Crippen LogP contribution in [-0.4, -0.2) is 49.0 Å². The van der Waals surface area contributed by atoms with E-state index in [1.54, 1.807) is 75.6 Å². The predicted molar refractivity (Wildman–Crippen MR) is 131 cm³/mol. The van der Waals surface area contributed by atoms with Crippen LogP contribution in [0.15, 0.2) is 69.8 Å². The fraction of sp³-hybridized carbons (Fsp3) is 0.240. The highest BCUT2D eigenvalue weighted by molar-refractivity contribution is 8.18. The number of ether oxygens (including phenoxy) is 4. The van der Waals surface area contributed by atoms with Crippen molar-refractivity contribution in [2.75, 3.05) is 26.9 Å². The van der Waals surface area contributed by atoms with E-state index >= 15 is 0 Å². The quantitative estimate of drug-likeness (QED) is 0.506. The molecule has 3 rings (SSSR count). The van der Waals surface area contributed by atoms with E-state index in [0.717, 1.165) is 5.56 Å². The highest BCUT2D eigenvalue weighted by Crippen LogP contribution is 2.40. The Morgan fingerprint density at radius 2 is 1.62 bits per heavy atom. The smallest absolute Gasteiger partial charge is 0.344 e. The van der Waals surface area contributed by atoms with Gasteiger partial charge in [0.25, 0.3) is 0 Å². The van der Waals surface area contributed by atoms with Crippen LogP contribution >= 0.6 is 11.8 Å². The number of methoxy groups -OCH3 is 1. The van der Waals surface area contributed by atoms with Crippen molar-refractivity contribution < 1.29 is 33.6 Å². The largest absolute Gasteiger partial charge is 0.506 e. The second-order valence-electron chi connectivity index (χ2n) is 6.83. The molecular formula is C25H25NO7S. The number of nitrogens with zero attached hydrogens (tertiary/aromatic N) is 1. The van der Waals surface area contributed by atoms with Crippen molar-refractivity contribution >= 4 is 40.5 Å². The summed E-state index contributed by atoms with van der Waals surface area (Å²) < 4.78 is 20.5. The molecule has 0 fully saturated rings. The van der Waals surface area contributed by atoms with Crippen LogP contribution in [-0.2, 0) is 19.1 Å². The third-order valence-corrected chi connectivity index (χ3v) is 5.53. The SMILES string of the molecule is CCOC(=O)COc1ccc(/C=C2\SC(=Nc3ccc(OC)cc3)C(C(=O)OCC)=C2O)cc1. The number of hydrogen-bond acceptors (Lipinski definition) is 9. The monoisotopic (exact) mass is 483 g/mol. The lowest BCUT2D eigenvalue weighted by Gasteiger charge is -2.06. The van der Waals surface area contributed by atoms with Gasteiger partial charge in [0.1, 0.15) is 27.9 Å². The first kappa shape index (κ1) is 24.9. The van der Waals surface area contributed by atoms with E-state index in [2.05, 4.69) is 4.99 Å². The van der Waals surface area contributed by atoms with Crippen LogP contribution in [0.3, 0.4) is 0 Å². The fourth-order valence-electron chi connectivity index (χ4n) is 2.92. The molecule has 0 atom stereocenters. The van der Waals surface area contributed by atoms with E-state index in [-0.39, 0.29) is 24.5 Å². The van der Waals surface area contributed by atoms with Gasteiger partial charge in [0.05, 0.1) is 30.9 Å². The van der Waals surface area contributed by atoms with Gasteiger partial charge in [-0.15, -0.1) is 0 Å². The minimum Gasteiger partial charge on any atom is -0.506 e. The molecule has 0 unspecified atom stereocenters. The lowest BCUT2D eigenvalue weighted by atomic mass is 10.1. The average molecular weight is 484 g/mol. The number of aliphatic hydroxyl groups is 1. The van der Waals surface area contributed by atoms with E-state index < -0.39 is 11.9 Å². The summed E-state index contributed by atoms with van der Waals surface area (Å²) in [5, 5.41) is 11.1. The lowest BCUT2D eigenvalue weighted by Crippen LogP contribution is -2.14. The van der Waals surface area contributed by atoms with Gasteiger partial charge in [0, 0.05) is 0 Å². The van der Waals surface area contributed by atoms with E-state index in [1.165, 1.54) is 11.8 Å². The maximum Gasteiger partial charge on any atom is 0.344 e. The molecule has 1 N–H and O–H groups in total. The summed E-state index contributed by atoms with van der Waals surface area (Å²) in [5.74, 6) is -0.101. The first-order valence-electron chi connectivity index (χ1n) is 10.6. The van der Waals surface area contributed by atoms with Gasteiger partial charge in [-0.05, 0) is 61.9 Å². The number of aliphatic imine (C=N–C) groups is 1. The third-order valence-electron chi connectivity index (χ3n) is 4.51. The van der Waals surface area contributed by atoms with Gasteiger partial charge in [-0.2, -0.15) is 0 Å². The number of benzene rings is 2. The Morgan fingerprint density at radius 1 is 0.971 bits per heavy atom. The Balaban J connectivity index is 1.84. The van der Waals surface area contributed by atoms with Crippen LogP contribution in [0.25, 0.3) is 6.08 Å². The molecule has 2 aromatic rings. The molecule has 2 aromatic carbocycles. The molecule has 1 aliphatic rings. The number of hydrogen-bond donors (Lipinski definition) is 1. The Morgan fingerprint density at radius 3 is 2.24 bits per heavy atom. The summed E-state index contributed by atoms with van der Waals surface area (Å²) in [4.78, 5) is 29.0. The minimum absolute atomic E-state index is 0.0170. The maximum absolute atomic E-state index is 12.5. The summed E-state index contributed by atoms with van der Waals surface area (Å²) in [7, 11) is 1.57. The average Bonchev–Trinajstić information content (AvgIpc) is 3.13. The highest BCUT2D eigenvalue weighted by atomic mass is 32.2. The zero-order chi connectivity index (χ0) is 24.5. The van der Waals surface area contributed by atoms with Crippen molar-refractivity contribution in [2.24, 2.45) is 4.99 Å². The molecule has 8 nitrogen and oxygen atoms in total. The maximum atomic E-state index is 12.5. The van der Waals surface area contributed by atoms with Crippen LogP contribution in [0.5, 0.6) is 11.5 Å². The van der Waals surface area contributed by atoms with Crippen molar-refractivity contribution in [3.63, 3.8) is 0 Å². The topological polar surface area (TPSA) is 104 Å².